The van der Waals surface area contributed by atoms with Gasteiger partial charge in [-0.2, -0.15) is 0 Å². The van der Waals surface area contributed by atoms with Gasteiger partial charge in [0.15, 0.2) is 0 Å². The van der Waals surface area contributed by atoms with Crippen molar-refractivity contribution in [1.29, 1.82) is 0 Å². The molecule has 132 valence electrons. The normalized spacial score (nSPS) is 10.9. The predicted octanol–water partition coefficient (Wildman–Crippen LogP) is 4.36. The number of nitrogens with one attached hydrogen (secondary N) is 2. The number of ether oxygens (including phenoxy) is 1. The molecule has 25 heavy (non-hydrogen) atoms. The molecule has 2 rings (SSSR count). The summed E-state index contributed by atoms with van der Waals surface area (Å²) in [6.07, 6.45) is -4.44. The van der Waals surface area contributed by atoms with E-state index in [9.17, 15) is 22.8 Å². The van der Waals surface area contributed by atoms with E-state index in [0.717, 1.165) is 17.7 Å². The van der Waals surface area contributed by atoms with E-state index in [1.165, 1.54) is 19.1 Å². The Hall–Kier alpha value is -3.03. The van der Waals surface area contributed by atoms with Gasteiger partial charge in [-0.15, -0.1) is 13.2 Å². The van der Waals surface area contributed by atoms with Crippen LogP contribution in [0.4, 0.5) is 29.3 Å². The summed E-state index contributed by atoms with van der Waals surface area (Å²) in [5.74, 6) is -0.337. The van der Waals surface area contributed by atoms with Gasteiger partial charge in [-0.25, -0.2) is 4.79 Å². The second-order valence-corrected chi connectivity index (χ2v) is 5.23. The highest BCUT2D eigenvalue weighted by Gasteiger charge is 2.30. The molecule has 2 N–H and O–H groups in total. The summed E-state index contributed by atoms with van der Waals surface area (Å²) in [5, 5.41) is 5.06. The fourth-order valence-corrected chi connectivity index (χ4v) is 2.03. The Morgan fingerprint density at radius 3 is 1.84 bits per heavy atom. The van der Waals surface area contributed by atoms with Crippen LogP contribution in [0.2, 0.25) is 0 Å². The number of hydrogen-bond acceptors (Lipinski definition) is 3. The molecule has 0 bridgehead atoms. The predicted molar refractivity (Wildman–Crippen MR) is 86.6 cm³/mol. The molecule has 2 aromatic rings. The molecule has 0 unspecified atom stereocenters. The van der Waals surface area contributed by atoms with Crippen LogP contribution in [0.1, 0.15) is 12.5 Å². The van der Waals surface area contributed by atoms with E-state index < -0.39 is 12.4 Å². The molecular formula is C17H15F3N2O3. The molecule has 0 spiro atoms. The zero-order valence-corrected chi connectivity index (χ0v) is 13.2. The molecule has 2 aromatic carbocycles. The first-order valence-corrected chi connectivity index (χ1v) is 7.23. The quantitative estimate of drug-likeness (QED) is 0.840. The number of Topliss-reactive ketones (excluding diaryl/α,β-unsaturated/α-hetero) is 1. The molecule has 2 amide bonds. The molecular weight excluding hydrogens is 337 g/mol. The van der Waals surface area contributed by atoms with E-state index in [4.69, 9.17) is 0 Å². The zero-order chi connectivity index (χ0) is 18.4. The molecule has 5 nitrogen and oxygen atoms in total. The van der Waals surface area contributed by atoms with E-state index in [0.29, 0.717) is 17.8 Å². The summed E-state index contributed by atoms with van der Waals surface area (Å²) in [7, 11) is 0. The second kappa shape index (κ2) is 7.69. The maximum absolute atomic E-state index is 12.1. The number of benzene rings is 2. The molecule has 0 saturated heterocycles. The first kappa shape index (κ1) is 18.3. The number of carbonyl (C=O) groups is 2. The van der Waals surface area contributed by atoms with Gasteiger partial charge in [0.1, 0.15) is 11.5 Å². The van der Waals surface area contributed by atoms with E-state index in [1.807, 2.05) is 0 Å². The Bertz CT molecular complexity index is 741. The molecule has 0 aliphatic carbocycles. The smallest absolute Gasteiger partial charge is 0.406 e. The Kier molecular flexibility index (Phi) is 5.63. The number of ketones is 1. The van der Waals surface area contributed by atoms with Gasteiger partial charge in [-0.3, -0.25) is 4.79 Å². The van der Waals surface area contributed by atoms with Gasteiger partial charge < -0.3 is 15.4 Å². The monoisotopic (exact) mass is 352 g/mol. The van der Waals surface area contributed by atoms with Crippen molar-refractivity contribution in [3.63, 3.8) is 0 Å². The molecule has 0 aliphatic heterocycles. The van der Waals surface area contributed by atoms with Crippen molar-refractivity contribution in [2.75, 3.05) is 10.6 Å². The summed E-state index contributed by atoms with van der Waals surface area (Å²) in [6.45, 7) is 1.49. The summed E-state index contributed by atoms with van der Waals surface area (Å²) >= 11 is 0. The third-order valence-electron chi connectivity index (χ3n) is 3.01. The molecule has 0 aromatic heterocycles. The van der Waals surface area contributed by atoms with Gasteiger partial charge in [0.25, 0.3) is 0 Å². The van der Waals surface area contributed by atoms with E-state index in [-0.39, 0.29) is 11.5 Å². The topological polar surface area (TPSA) is 67.4 Å². The fraction of sp³-hybridized carbons (Fsp3) is 0.176. The van der Waals surface area contributed by atoms with E-state index >= 15 is 0 Å². The lowest BCUT2D eigenvalue weighted by Gasteiger charge is -2.10. The minimum atomic E-state index is -4.76. The molecule has 0 saturated carbocycles. The highest BCUT2D eigenvalue weighted by molar-refractivity contribution is 5.99. The molecule has 0 aliphatic rings. The number of rotatable bonds is 5. The van der Waals surface area contributed by atoms with Crippen LogP contribution in [0.5, 0.6) is 5.75 Å². The van der Waals surface area contributed by atoms with Gasteiger partial charge in [0.05, 0.1) is 0 Å². The van der Waals surface area contributed by atoms with Crippen LogP contribution >= 0.6 is 0 Å². The standard InChI is InChI=1S/C17H15F3N2O3/c1-11(23)10-12-2-4-13(5-3-12)21-16(24)22-14-6-8-15(9-7-14)25-17(18,19)20/h2-9H,10H2,1H3,(H2,21,22,24). The van der Waals surface area contributed by atoms with Crippen LogP contribution in [0.25, 0.3) is 0 Å². The lowest BCUT2D eigenvalue weighted by molar-refractivity contribution is -0.274. The first-order valence-electron chi connectivity index (χ1n) is 7.23. The minimum absolute atomic E-state index is 0.0383. The Morgan fingerprint density at radius 1 is 0.920 bits per heavy atom. The largest absolute Gasteiger partial charge is 0.573 e. The first-order chi connectivity index (χ1) is 11.7. The Labute approximate surface area is 141 Å². The highest BCUT2D eigenvalue weighted by atomic mass is 19.4. The Balaban J connectivity index is 1.90. The summed E-state index contributed by atoms with van der Waals surface area (Å²) in [5.41, 5.74) is 1.65. The van der Waals surface area contributed by atoms with Gasteiger partial charge in [-0.05, 0) is 48.9 Å². The van der Waals surface area contributed by atoms with Crippen molar-refractivity contribution in [2.24, 2.45) is 0 Å². The van der Waals surface area contributed by atoms with Crippen molar-refractivity contribution in [3.8, 4) is 5.75 Å². The van der Waals surface area contributed by atoms with E-state index in [1.54, 1.807) is 24.3 Å². The number of amides is 2. The number of hydrogen-bond donors (Lipinski definition) is 2. The number of carbonyl (C=O) groups excluding carboxylic acids is 2. The molecule has 0 fully saturated rings. The van der Waals surface area contributed by atoms with Gasteiger partial charge in [-0.1, -0.05) is 12.1 Å². The van der Waals surface area contributed by atoms with Crippen molar-refractivity contribution in [3.05, 3.63) is 54.1 Å². The third-order valence-corrected chi connectivity index (χ3v) is 3.01. The molecule has 0 heterocycles. The number of halogens is 3. The van der Waals surface area contributed by atoms with Crippen LogP contribution in [0.15, 0.2) is 48.5 Å². The Morgan fingerprint density at radius 2 is 1.40 bits per heavy atom. The number of urea groups is 1. The zero-order valence-electron chi connectivity index (χ0n) is 13.2. The highest BCUT2D eigenvalue weighted by Crippen LogP contribution is 2.24. The van der Waals surface area contributed by atoms with Crippen LogP contribution < -0.4 is 15.4 Å². The maximum Gasteiger partial charge on any atom is 0.573 e. The summed E-state index contributed by atoms with van der Waals surface area (Å²) in [6, 6.07) is 11.0. The van der Waals surface area contributed by atoms with Crippen LogP contribution in [0.3, 0.4) is 0 Å². The average Bonchev–Trinajstić information content (AvgIpc) is 2.49. The van der Waals surface area contributed by atoms with Crippen molar-refractivity contribution in [2.45, 2.75) is 19.7 Å². The lowest BCUT2D eigenvalue weighted by Crippen LogP contribution is -2.19. The molecule has 0 radical (unpaired) electrons. The maximum atomic E-state index is 12.1. The van der Waals surface area contributed by atoms with Crippen molar-refractivity contribution < 1.29 is 27.5 Å². The van der Waals surface area contributed by atoms with Crippen molar-refractivity contribution in [1.82, 2.24) is 0 Å². The van der Waals surface area contributed by atoms with Crippen LogP contribution in [-0.2, 0) is 11.2 Å². The van der Waals surface area contributed by atoms with Gasteiger partial charge in [0, 0.05) is 17.8 Å². The lowest BCUT2D eigenvalue weighted by atomic mass is 10.1. The summed E-state index contributed by atoms with van der Waals surface area (Å²) in [4.78, 5) is 22.9. The molecule has 8 heteroatoms. The number of anilines is 2. The second-order valence-electron chi connectivity index (χ2n) is 5.23. The fourth-order valence-electron chi connectivity index (χ4n) is 2.03. The minimum Gasteiger partial charge on any atom is -0.406 e. The summed E-state index contributed by atoms with van der Waals surface area (Å²) < 4.78 is 40.0. The van der Waals surface area contributed by atoms with Crippen LogP contribution in [-0.4, -0.2) is 18.2 Å². The average molecular weight is 352 g/mol. The van der Waals surface area contributed by atoms with Gasteiger partial charge in [0.2, 0.25) is 0 Å². The van der Waals surface area contributed by atoms with E-state index in [2.05, 4.69) is 15.4 Å². The number of alkyl halides is 3. The van der Waals surface area contributed by atoms with Crippen molar-refractivity contribution >= 4 is 23.2 Å². The molecule has 0 atom stereocenters. The van der Waals surface area contributed by atoms with Crippen LogP contribution in [0, 0.1) is 0 Å². The SMILES string of the molecule is CC(=O)Cc1ccc(NC(=O)Nc2ccc(OC(F)(F)F)cc2)cc1. The third kappa shape index (κ3) is 6.54. The van der Waals surface area contributed by atoms with Gasteiger partial charge >= 0.3 is 12.4 Å².